The summed E-state index contributed by atoms with van der Waals surface area (Å²) in [4.78, 5) is 5.29. The van der Waals surface area contributed by atoms with Gasteiger partial charge in [0, 0.05) is 44.9 Å². The molecule has 0 N–H and O–H groups in total. The second-order valence-corrected chi connectivity index (χ2v) is 37.7. The third-order valence-corrected chi connectivity index (χ3v) is 24.6. The predicted molar refractivity (Wildman–Crippen MR) is 442 cm³/mol. The molecule has 2 aliphatic heterocycles. The van der Waals surface area contributed by atoms with Gasteiger partial charge in [-0.2, -0.15) is 0 Å². The van der Waals surface area contributed by atoms with Gasteiger partial charge in [0.1, 0.15) is 0 Å². The summed E-state index contributed by atoms with van der Waals surface area (Å²) in [6, 6.07) is 87.1. The Morgan fingerprint density at radius 3 is 0.971 bits per heavy atom. The molecule has 3 nitrogen and oxygen atoms in total. The molecule has 11 aromatic carbocycles. The zero-order chi connectivity index (χ0) is 71.9. The number of fused-ring (bicyclic) bond motifs is 9. The summed E-state index contributed by atoms with van der Waals surface area (Å²) in [6.45, 7) is 47.4. The number of benzene rings is 11. The smallest absolute Gasteiger partial charge is 0.252 e. The third kappa shape index (κ3) is 11.3. The molecule has 0 saturated carbocycles. The van der Waals surface area contributed by atoms with E-state index in [0.29, 0.717) is 0 Å². The van der Waals surface area contributed by atoms with E-state index in [9.17, 15) is 0 Å². The lowest BCUT2D eigenvalue weighted by molar-refractivity contribution is 0.332. The van der Waals surface area contributed by atoms with Crippen LogP contribution in [0.3, 0.4) is 0 Å². The Hall–Kier alpha value is -9.12. The molecular weight excluding hydrogens is 1230 g/mol. The van der Waals surface area contributed by atoms with Crippen LogP contribution in [-0.4, -0.2) is 11.3 Å². The van der Waals surface area contributed by atoms with Crippen molar-refractivity contribution in [2.24, 2.45) is 0 Å². The molecule has 0 bridgehead atoms. The van der Waals surface area contributed by atoms with Crippen molar-refractivity contribution in [2.45, 2.75) is 207 Å². The Balaban J connectivity index is 0.992. The number of hydrogen-bond donors (Lipinski definition) is 0. The summed E-state index contributed by atoms with van der Waals surface area (Å²) in [5.41, 5.74) is 35.7. The van der Waals surface area contributed by atoms with E-state index in [1.54, 1.807) is 0 Å². The van der Waals surface area contributed by atoms with Crippen LogP contribution in [0.4, 0.5) is 34.1 Å². The molecular formula is C98H104BN3. The van der Waals surface area contributed by atoms with Gasteiger partial charge in [0.2, 0.25) is 0 Å². The molecule has 0 saturated heterocycles. The van der Waals surface area contributed by atoms with Crippen molar-refractivity contribution >= 4 is 79.0 Å². The Labute approximate surface area is 610 Å². The molecule has 0 unspecified atom stereocenters. The molecule has 2 aliphatic carbocycles. The van der Waals surface area contributed by atoms with Crippen LogP contribution in [0.2, 0.25) is 0 Å². The van der Waals surface area contributed by atoms with E-state index in [2.05, 4.69) is 371 Å². The largest absolute Gasteiger partial charge is 0.311 e. The van der Waals surface area contributed by atoms with E-state index >= 15 is 0 Å². The van der Waals surface area contributed by atoms with Crippen LogP contribution in [0.15, 0.2) is 218 Å². The van der Waals surface area contributed by atoms with E-state index in [1.165, 1.54) is 176 Å². The van der Waals surface area contributed by atoms with Crippen molar-refractivity contribution in [3.63, 3.8) is 0 Å². The first-order valence-electron chi connectivity index (χ1n) is 37.9. The molecule has 0 amide bonds. The average Bonchev–Trinajstić information content (AvgIpc) is 0.964. The second kappa shape index (κ2) is 23.2. The van der Waals surface area contributed by atoms with Gasteiger partial charge in [0.15, 0.2) is 0 Å². The molecule has 0 radical (unpaired) electrons. The van der Waals surface area contributed by atoms with Crippen molar-refractivity contribution in [1.82, 2.24) is 4.57 Å². The van der Waals surface area contributed by atoms with Gasteiger partial charge >= 0.3 is 0 Å². The van der Waals surface area contributed by atoms with E-state index < -0.39 is 0 Å². The summed E-state index contributed by atoms with van der Waals surface area (Å²) in [5.74, 6) is 0. The number of aromatic nitrogens is 1. The minimum absolute atomic E-state index is 0.0240. The van der Waals surface area contributed by atoms with E-state index in [-0.39, 0.29) is 50.0 Å². The summed E-state index contributed by atoms with van der Waals surface area (Å²) in [5, 5.41) is 2.55. The molecule has 12 aromatic rings. The van der Waals surface area contributed by atoms with E-state index in [1.807, 2.05) is 0 Å². The fourth-order valence-corrected chi connectivity index (χ4v) is 17.7. The van der Waals surface area contributed by atoms with Crippen LogP contribution in [-0.2, 0) is 43.3 Å². The van der Waals surface area contributed by atoms with Gasteiger partial charge in [0.05, 0.1) is 16.7 Å². The Morgan fingerprint density at radius 1 is 0.275 bits per heavy atom. The minimum atomic E-state index is -0.127. The molecule has 1 aromatic heterocycles. The summed E-state index contributed by atoms with van der Waals surface area (Å²) in [6.07, 6.45) is 4.73. The maximum atomic E-state index is 2.65. The highest BCUT2D eigenvalue weighted by Crippen LogP contribution is 2.52. The number of nitrogens with zero attached hydrogens (tertiary/aromatic N) is 3. The van der Waals surface area contributed by atoms with Crippen LogP contribution >= 0.6 is 0 Å². The zero-order valence-electron chi connectivity index (χ0n) is 64.5. The van der Waals surface area contributed by atoms with Gasteiger partial charge in [-0.25, -0.2) is 0 Å². The maximum absolute atomic E-state index is 2.65. The van der Waals surface area contributed by atoms with E-state index in [4.69, 9.17) is 0 Å². The number of anilines is 6. The first kappa shape index (κ1) is 67.4. The van der Waals surface area contributed by atoms with Crippen molar-refractivity contribution in [2.75, 3.05) is 9.80 Å². The summed E-state index contributed by atoms with van der Waals surface area (Å²) >= 11 is 0. The molecule has 0 atom stereocenters. The lowest BCUT2D eigenvalue weighted by Gasteiger charge is -2.45. The molecule has 4 aliphatic rings. The number of rotatable bonds is 7. The molecule has 514 valence electrons. The van der Waals surface area contributed by atoms with E-state index in [0.717, 1.165) is 17.1 Å². The van der Waals surface area contributed by atoms with Crippen LogP contribution < -0.4 is 26.2 Å². The Morgan fingerprint density at radius 2 is 0.598 bits per heavy atom. The lowest BCUT2D eigenvalue weighted by atomic mass is 9.33. The maximum Gasteiger partial charge on any atom is 0.252 e. The highest BCUT2D eigenvalue weighted by molar-refractivity contribution is 7.00. The van der Waals surface area contributed by atoms with Crippen molar-refractivity contribution in [3.8, 4) is 50.2 Å². The van der Waals surface area contributed by atoms with Crippen LogP contribution in [0.1, 0.15) is 209 Å². The Bertz CT molecular complexity index is 5050. The highest BCUT2D eigenvalue weighted by atomic mass is 15.2. The van der Waals surface area contributed by atoms with Gasteiger partial charge < -0.3 is 14.4 Å². The summed E-state index contributed by atoms with van der Waals surface area (Å²) < 4.78 is 2.60. The van der Waals surface area contributed by atoms with Crippen LogP contribution in [0, 0.1) is 0 Å². The fraction of sp³-hybridized carbons (Fsp3) is 0.327. The van der Waals surface area contributed by atoms with Gasteiger partial charge in [-0.1, -0.05) is 284 Å². The molecule has 0 fully saturated rings. The van der Waals surface area contributed by atoms with Crippen LogP contribution in [0.25, 0.3) is 72.0 Å². The lowest BCUT2D eigenvalue weighted by Crippen LogP contribution is -2.61. The normalized spacial score (nSPS) is 16.5. The van der Waals surface area contributed by atoms with Gasteiger partial charge in [-0.05, 0) is 247 Å². The minimum Gasteiger partial charge on any atom is -0.311 e. The molecule has 4 heteroatoms. The van der Waals surface area contributed by atoms with Crippen molar-refractivity contribution in [3.05, 3.63) is 263 Å². The monoisotopic (exact) mass is 1330 g/mol. The average molecular weight is 1330 g/mol. The molecule has 3 heterocycles. The highest BCUT2D eigenvalue weighted by Gasteiger charge is 2.45. The molecule has 0 spiro atoms. The zero-order valence-corrected chi connectivity index (χ0v) is 64.5. The van der Waals surface area contributed by atoms with Gasteiger partial charge in [0.25, 0.3) is 6.71 Å². The topological polar surface area (TPSA) is 11.4 Å². The first-order valence-corrected chi connectivity index (χ1v) is 37.9. The standard InChI is InChI=1S/C98H104BN3/c1-91(2,3)69-25-21-23-63(51-69)67-33-43-82-86(55-67)100(73-37-27-61(28-38-73)65-31-41-78-80(53-65)97(17,18)49-47-95(78,13)14)88-59-75(102-84-45-35-71(93(7,8)9)57-76(84)77-58-72(94(10,11)12)36-46-85(77)102)60-89-90(88)99(82)83-44-34-68(64-24-22-26-70(52-64)92(4,5)6)56-87(83)101(89)74-39-29-62(30-40-74)66-32-42-79-81(54-66)98(19,20)50-48-96(79,15)16/h21-46,51-60H,47-50H2,1-20H3. The predicted octanol–water partition coefficient (Wildman–Crippen LogP) is 25.4. The summed E-state index contributed by atoms with van der Waals surface area (Å²) in [7, 11) is 0. The van der Waals surface area contributed by atoms with Crippen molar-refractivity contribution in [1.29, 1.82) is 0 Å². The fourth-order valence-electron chi connectivity index (χ4n) is 17.7. The molecule has 16 rings (SSSR count). The molecule has 102 heavy (non-hydrogen) atoms. The number of hydrogen-bond acceptors (Lipinski definition) is 2. The Kier molecular flexibility index (Phi) is 15.3. The van der Waals surface area contributed by atoms with Crippen LogP contribution in [0.5, 0.6) is 0 Å². The van der Waals surface area contributed by atoms with Gasteiger partial charge in [-0.3, -0.25) is 0 Å². The quantitative estimate of drug-likeness (QED) is 0.147. The van der Waals surface area contributed by atoms with Gasteiger partial charge in [-0.15, -0.1) is 0 Å². The SMILES string of the molecule is CC(C)(C)c1cccc(-c2ccc3c(c2)N(c2ccc(-c4ccc5c(c4)C(C)(C)CCC5(C)C)cc2)c2cc(-n4c5ccc(C(C)(C)C)cc5c5cc(C(C)(C)C)ccc54)cc4c2B3c2ccc(-c3cccc(C(C)(C)C)c3)cc2N4c2ccc(-c3ccc4c(c3)C(C)(C)CCC4(C)C)cc2)c1. The second-order valence-electron chi connectivity index (χ2n) is 37.7. The third-order valence-electron chi connectivity index (χ3n) is 24.6. The first-order chi connectivity index (χ1) is 48.0. The van der Waals surface area contributed by atoms with Crippen molar-refractivity contribution < 1.29 is 0 Å².